The van der Waals surface area contributed by atoms with Gasteiger partial charge in [-0.15, -0.1) is 0 Å². The van der Waals surface area contributed by atoms with E-state index in [2.05, 4.69) is 0 Å². The van der Waals surface area contributed by atoms with Crippen molar-refractivity contribution in [2.75, 3.05) is 0 Å². The number of halogens is 39. The largest absolute Gasteiger partial charge is 0.417 e. The van der Waals surface area contributed by atoms with Gasteiger partial charge in [0.15, 0.2) is 0 Å². The van der Waals surface area contributed by atoms with Crippen molar-refractivity contribution in [2.45, 2.75) is 129 Å². The van der Waals surface area contributed by atoms with Crippen molar-refractivity contribution in [3.05, 3.63) is 208 Å². The second kappa shape index (κ2) is 29.5. The summed E-state index contributed by atoms with van der Waals surface area (Å²) < 4.78 is 508. The molecule has 39 heteroatoms. The summed E-state index contributed by atoms with van der Waals surface area (Å²) in [4.78, 5) is 0. The summed E-state index contributed by atoms with van der Waals surface area (Å²) >= 11 is 0. The Hall–Kier alpha value is -7.41. The SMILES string of the molecule is Cc1c(C(F)(F)F)cc(C(F)(F)F)cc1C(F)(F)F.Cc1c(C(F)(F)F)cccc1C(F)(F)F.Cc1cc(C(F)(F)F)cc(C(F)(F)F)c1.Cc1ccc(C(F)(F)F)cc1.Cc1cccc(C(F)(F)F)c1.[2H]C([2H])([2H])c1c(C)c(C(F)(F)F)c(C(F)(F)F)c(C(F)(F)F)c1C(F)(F)F. The van der Waals surface area contributed by atoms with Gasteiger partial charge in [-0.1, -0.05) is 47.5 Å². The van der Waals surface area contributed by atoms with Crippen molar-refractivity contribution in [1.29, 1.82) is 0 Å². The molecule has 0 amide bonds. The van der Waals surface area contributed by atoms with Gasteiger partial charge in [0.2, 0.25) is 0 Å². The molecule has 0 aliphatic rings. The molecule has 0 saturated carbocycles. The first-order chi connectivity index (χ1) is 43.0. The van der Waals surface area contributed by atoms with E-state index in [1.165, 1.54) is 25.1 Å². The zero-order valence-corrected chi connectivity index (χ0v) is 47.0. The van der Waals surface area contributed by atoms with Crippen LogP contribution in [0.1, 0.15) is 115 Å². The van der Waals surface area contributed by atoms with Crippen LogP contribution in [0.3, 0.4) is 0 Å². The molecule has 0 nitrogen and oxygen atoms in total. The number of alkyl halides is 39. The third-order valence-corrected chi connectivity index (χ3v) is 11.6. The van der Waals surface area contributed by atoms with Gasteiger partial charge in [0.1, 0.15) is 0 Å². The molecule has 534 valence electrons. The lowest BCUT2D eigenvalue weighted by Gasteiger charge is -2.28. The fraction of sp³-hybridized carbons (Fsp3) is 0.357. The van der Waals surface area contributed by atoms with Crippen LogP contribution in [0.4, 0.5) is 171 Å². The number of rotatable bonds is 0. The van der Waals surface area contributed by atoms with Gasteiger partial charge in [-0.25, -0.2) is 0 Å². The van der Waals surface area contributed by atoms with Crippen LogP contribution in [-0.2, 0) is 80.3 Å². The van der Waals surface area contributed by atoms with Gasteiger partial charge in [0, 0.05) is 4.11 Å². The van der Waals surface area contributed by atoms with E-state index in [0.717, 1.165) is 42.8 Å². The van der Waals surface area contributed by atoms with E-state index in [0.29, 0.717) is 36.8 Å². The molecule has 0 bridgehead atoms. The molecule has 0 fully saturated rings. The monoisotopic (exact) mass is 1450 g/mol. The Balaban J connectivity index is 0.000000605. The molecule has 0 aromatic heterocycles. The van der Waals surface area contributed by atoms with Crippen LogP contribution in [0.2, 0.25) is 0 Å². The van der Waals surface area contributed by atoms with Crippen LogP contribution >= 0.6 is 0 Å². The van der Waals surface area contributed by atoms with Crippen molar-refractivity contribution in [3.63, 3.8) is 0 Å². The number of hydrogen-bond donors (Lipinski definition) is 0. The number of benzene rings is 6. The predicted molar refractivity (Wildman–Crippen MR) is 257 cm³/mol. The topological polar surface area (TPSA) is 0 Å². The van der Waals surface area contributed by atoms with Crippen LogP contribution in [0.15, 0.2) is 97.1 Å². The molecule has 0 spiro atoms. The first-order valence-electron chi connectivity index (χ1n) is 25.6. The summed E-state index contributed by atoms with van der Waals surface area (Å²) in [5.41, 5.74) is -31.3. The van der Waals surface area contributed by atoms with Gasteiger partial charge >= 0.3 is 80.3 Å². The molecule has 6 aromatic rings. The summed E-state index contributed by atoms with van der Waals surface area (Å²) in [5, 5.41) is 0. The summed E-state index contributed by atoms with van der Waals surface area (Å²) in [6.07, 6.45) is -69.0. The molecule has 0 unspecified atom stereocenters. The minimum Gasteiger partial charge on any atom is -0.166 e. The highest BCUT2D eigenvalue weighted by Gasteiger charge is 2.57. The van der Waals surface area contributed by atoms with Crippen molar-refractivity contribution >= 4 is 0 Å². The highest BCUT2D eigenvalue weighted by molar-refractivity contribution is 5.56. The lowest BCUT2D eigenvalue weighted by molar-refractivity contribution is -0.183. The minimum atomic E-state index is -6.59. The molecular formula is C56H37F39. The average Bonchev–Trinajstić information content (AvgIpc) is 0.709. The van der Waals surface area contributed by atoms with E-state index >= 15 is 0 Å². The predicted octanol–water partition coefficient (Wildman–Crippen LogP) is 25.5. The molecule has 0 saturated heterocycles. The van der Waals surface area contributed by atoms with Crippen LogP contribution in [0.25, 0.3) is 0 Å². The fourth-order valence-corrected chi connectivity index (χ4v) is 7.47. The van der Waals surface area contributed by atoms with Gasteiger partial charge in [-0.05, 0) is 137 Å². The summed E-state index contributed by atoms with van der Waals surface area (Å²) in [5.74, 6) is 0. The molecular weight excluding hydrogens is 1410 g/mol. The zero-order valence-electron chi connectivity index (χ0n) is 50.0. The van der Waals surface area contributed by atoms with Crippen molar-refractivity contribution in [3.8, 4) is 0 Å². The molecule has 0 atom stereocenters. The molecule has 0 heterocycles. The summed E-state index contributed by atoms with van der Waals surface area (Å²) in [6.45, 7) is 1.57. The highest BCUT2D eigenvalue weighted by Crippen LogP contribution is 2.54. The van der Waals surface area contributed by atoms with Crippen LogP contribution < -0.4 is 0 Å². The first kappa shape index (κ1) is 80.0. The average molecular weight is 1450 g/mol. The molecule has 6 aromatic carbocycles. The third-order valence-electron chi connectivity index (χ3n) is 11.6. The lowest BCUT2D eigenvalue weighted by Crippen LogP contribution is -2.29. The van der Waals surface area contributed by atoms with Gasteiger partial charge in [0.25, 0.3) is 0 Å². The Kier molecular flexibility index (Phi) is 24.9. The Morgan fingerprint density at radius 2 is 0.474 bits per heavy atom. The van der Waals surface area contributed by atoms with Gasteiger partial charge in [-0.3, -0.25) is 0 Å². The lowest BCUT2D eigenvalue weighted by atomic mass is 9.86. The van der Waals surface area contributed by atoms with Gasteiger partial charge < -0.3 is 0 Å². The van der Waals surface area contributed by atoms with Crippen molar-refractivity contribution in [1.82, 2.24) is 0 Å². The highest BCUT2D eigenvalue weighted by atomic mass is 19.5. The first-order valence-corrected chi connectivity index (χ1v) is 24.1. The van der Waals surface area contributed by atoms with E-state index in [-0.39, 0.29) is 30.7 Å². The van der Waals surface area contributed by atoms with E-state index in [1.54, 1.807) is 19.9 Å². The number of hydrogen-bond acceptors (Lipinski definition) is 0. The summed E-state index contributed by atoms with van der Waals surface area (Å²) in [7, 11) is 0. The maximum absolute atomic E-state index is 13.1. The van der Waals surface area contributed by atoms with E-state index in [1.807, 2.05) is 0 Å². The quantitative estimate of drug-likeness (QED) is 0.133. The zero-order chi connectivity index (χ0) is 77.9. The normalized spacial score (nSPS) is 13.8. The Labute approximate surface area is 512 Å². The maximum Gasteiger partial charge on any atom is 0.417 e. The van der Waals surface area contributed by atoms with Crippen molar-refractivity contribution in [2.24, 2.45) is 0 Å². The second-order valence-corrected chi connectivity index (χ2v) is 19.0. The Morgan fingerprint density at radius 3 is 0.737 bits per heavy atom. The van der Waals surface area contributed by atoms with Gasteiger partial charge in [0.05, 0.1) is 72.3 Å². The molecule has 0 N–H and O–H groups in total. The van der Waals surface area contributed by atoms with E-state index < -0.39 is 182 Å². The van der Waals surface area contributed by atoms with Crippen molar-refractivity contribution < 1.29 is 175 Å². The Bertz CT molecular complexity index is 3470. The van der Waals surface area contributed by atoms with E-state index in [9.17, 15) is 171 Å². The molecule has 0 aliphatic carbocycles. The molecule has 6 rings (SSSR count). The van der Waals surface area contributed by atoms with E-state index in [4.69, 9.17) is 4.11 Å². The molecule has 0 aliphatic heterocycles. The second-order valence-electron chi connectivity index (χ2n) is 19.0. The molecule has 0 radical (unpaired) electrons. The minimum absolute atomic E-state index is 0.0604. The van der Waals surface area contributed by atoms with Gasteiger partial charge in [-0.2, -0.15) is 171 Å². The maximum atomic E-state index is 13.1. The smallest absolute Gasteiger partial charge is 0.166 e. The van der Waals surface area contributed by atoms with Crippen LogP contribution in [0.5, 0.6) is 0 Å². The standard InChI is InChI=1S/C12H6F12.C10H5F9.2C9H6F6.2C8H7F3/c1-3-4(2)6(10(16,17)18)8(12(22,23)24)7(11(19,20)21)5(3)9(13,14)15;1-4-6(9(14,15)16)2-5(8(11,12)13)3-7(4)10(17,18)19;1-5-2-6(8(10,11)12)4-7(3-5)9(13,14)15;1-5-6(8(10,11)12)3-2-4-7(5)9(13,14)15;1-6-2-4-7(5-3-6)8(9,10)11;1-6-3-2-4-7(5-6)8(9,10)11/h1-2H3;2-3H,1H3;2*2-4H,1H3;2*2-5H,1H3/i1D3;;;;;. The molecule has 95 heavy (non-hydrogen) atoms. The fourth-order valence-electron chi connectivity index (χ4n) is 7.47. The third kappa shape index (κ3) is 25.3. The van der Waals surface area contributed by atoms with Crippen LogP contribution in [-0.4, -0.2) is 0 Å². The summed E-state index contributed by atoms with van der Waals surface area (Å²) in [6, 6.07) is 13.1. The Morgan fingerprint density at radius 1 is 0.200 bits per heavy atom. The number of aryl methyl sites for hydroxylation is 3. The van der Waals surface area contributed by atoms with Crippen LogP contribution in [0, 0.1) is 48.4 Å².